The van der Waals surface area contributed by atoms with Crippen molar-refractivity contribution in [3.05, 3.63) is 48.3 Å². The van der Waals surface area contributed by atoms with Gasteiger partial charge in [0.2, 0.25) is 0 Å². The fourth-order valence-electron chi connectivity index (χ4n) is 1.42. The number of aromatic nitrogens is 1. The van der Waals surface area contributed by atoms with Gasteiger partial charge in [-0.1, -0.05) is 12.1 Å². The number of methoxy groups -OCH3 is 1. The third-order valence-electron chi connectivity index (χ3n) is 2.22. The number of para-hydroxylation sites is 2. The first kappa shape index (κ1) is 11.7. The predicted molar refractivity (Wildman–Crippen MR) is 66.9 cm³/mol. The topological polar surface area (TPSA) is 31.4 Å². The van der Waals surface area contributed by atoms with E-state index >= 15 is 0 Å². The maximum absolute atomic E-state index is 5.74. The fourth-order valence-corrected chi connectivity index (χ4v) is 1.57. The van der Waals surface area contributed by atoms with Crippen molar-refractivity contribution in [3.63, 3.8) is 0 Å². The molecule has 0 fully saturated rings. The lowest BCUT2D eigenvalue weighted by Gasteiger charge is -2.09. The van der Waals surface area contributed by atoms with Gasteiger partial charge in [0.25, 0.3) is 0 Å². The molecule has 17 heavy (non-hydrogen) atoms. The quantitative estimate of drug-likeness (QED) is 0.776. The Morgan fingerprint density at radius 3 is 2.65 bits per heavy atom. The van der Waals surface area contributed by atoms with Crippen LogP contribution >= 0.6 is 11.6 Å². The van der Waals surface area contributed by atoms with Crippen molar-refractivity contribution < 1.29 is 9.47 Å². The Labute approximate surface area is 105 Å². The van der Waals surface area contributed by atoms with Crippen LogP contribution in [0, 0.1) is 0 Å². The Hall–Kier alpha value is -1.74. The first-order chi connectivity index (χ1) is 8.33. The van der Waals surface area contributed by atoms with E-state index in [1.54, 1.807) is 19.5 Å². The molecule has 0 radical (unpaired) electrons. The average molecular weight is 250 g/mol. The van der Waals surface area contributed by atoms with E-state index < -0.39 is 0 Å². The van der Waals surface area contributed by atoms with E-state index in [4.69, 9.17) is 21.1 Å². The summed E-state index contributed by atoms with van der Waals surface area (Å²) in [4.78, 5) is 4.06. The number of ether oxygens (including phenoxy) is 2. The molecule has 0 spiro atoms. The normalized spacial score (nSPS) is 10.0. The van der Waals surface area contributed by atoms with Gasteiger partial charge in [-0.3, -0.25) is 4.98 Å². The molecule has 0 aliphatic carbocycles. The van der Waals surface area contributed by atoms with Crippen molar-refractivity contribution in [2.24, 2.45) is 0 Å². The second kappa shape index (κ2) is 5.55. The summed E-state index contributed by atoms with van der Waals surface area (Å²) in [5, 5.41) is 0. The van der Waals surface area contributed by atoms with Crippen molar-refractivity contribution >= 4 is 11.6 Å². The number of benzene rings is 1. The van der Waals surface area contributed by atoms with Crippen LogP contribution in [0.15, 0.2) is 42.7 Å². The Kier molecular flexibility index (Phi) is 3.83. The molecular formula is C13H12ClNO2. The third-order valence-corrected chi connectivity index (χ3v) is 2.53. The Morgan fingerprint density at radius 1 is 1.18 bits per heavy atom. The Bertz CT molecular complexity index is 502. The van der Waals surface area contributed by atoms with E-state index in [1.807, 2.05) is 30.3 Å². The zero-order valence-electron chi connectivity index (χ0n) is 9.39. The van der Waals surface area contributed by atoms with Crippen LogP contribution < -0.4 is 9.47 Å². The van der Waals surface area contributed by atoms with E-state index in [0.717, 1.165) is 5.56 Å². The molecule has 0 amide bonds. The number of nitrogens with zero attached hydrogens (tertiary/aromatic N) is 1. The standard InChI is InChI=1S/C13H12ClNO2/c1-16-12-4-2-3-5-13(12)17-11-6-10(7-14)8-15-9-11/h2-6,8-9H,7H2,1H3. The predicted octanol–water partition coefficient (Wildman–Crippen LogP) is 3.62. The van der Waals surface area contributed by atoms with Crippen LogP contribution in [0.5, 0.6) is 17.2 Å². The maximum Gasteiger partial charge on any atom is 0.169 e. The summed E-state index contributed by atoms with van der Waals surface area (Å²) in [6.07, 6.45) is 3.35. The highest BCUT2D eigenvalue weighted by Crippen LogP contribution is 2.30. The maximum atomic E-state index is 5.74. The molecular weight excluding hydrogens is 238 g/mol. The molecule has 1 heterocycles. The lowest BCUT2D eigenvalue weighted by Crippen LogP contribution is -1.91. The minimum atomic E-state index is 0.413. The molecule has 4 heteroatoms. The van der Waals surface area contributed by atoms with Gasteiger partial charge in [-0.15, -0.1) is 11.6 Å². The Morgan fingerprint density at radius 2 is 1.94 bits per heavy atom. The third kappa shape index (κ3) is 2.88. The van der Waals surface area contributed by atoms with E-state index in [0.29, 0.717) is 23.1 Å². The molecule has 0 aliphatic heterocycles. The molecule has 0 N–H and O–H groups in total. The molecule has 1 aromatic carbocycles. The van der Waals surface area contributed by atoms with Gasteiger partial charge < -0.3 is 9.47 Å². The van der Waals surface area contributed by atoms with Crippen molar-refractivity contribution in [2.45, 2.75) is 5.88 Å². The van der Waals surface area contributed by atoms with E-state index in [9.17, 15) is 0 Å². The lowest BCUT2D eigenvalue weighted by atomic mass is 10.3. The molecule has 0 saturated carbocycles. The number of hydrogen-bond acceptors (Lipinski definition) is 3. The smallest absolute Gasteiger partial charge is 0.169 e. The van der Waals surface area contributed by atoms with E-state index in [1.165, 1.54) is 0 Å². The second-order valence-electron chi connectivity index (χ2n) is 3.42. The van der Waals surface area contributed by atoms with Crippen LogP contribution in [0.2, 0.25) is 0 Å². The monoisotopic (exact) mass is 249 g/mol. The first-order valence-corrected chi connectivity index (χ1v) is 5.67. The molecule has 0 saturated heterocycles. The highest BCUT2D eigenvalue weighted by molar-refractivity contribution is 6.17. The SMILES string of the molecule is COc1ccccc1Oc1cncc(CCl)c1. The van der Waals surface area contributed by atoms with E-state index in [2.05, 4.69) is 4.98 Å². The molecule has 88 valence electrons. The lowest BCUT2D eigenvalue weighted by molar-refractivity contribution is 0.378. The van der Waals surface area contributed by atoms with Gasteiger partial charge in [-0.2, -0.15) is 0 Å². The van der Waals surface area contributed by atoms with Crippen LogP contribution in [0.1, 0.15) is 5.56 Å². The van der Waals surface area contributed by atoms with Gasteiger partial charge in [0.1, 0.15) is 5.75 Å². The van der Waals surface area contributed by atoms with Crippen molar-refractivity contribution in [2.75, 3.05) is 7.11 Å². The first-order valence-electron chi connectivity index (χ1n) is 5.14. The molecule has 1 aromatic heterocycles. The van der Waals surface area contributed by atoms with Crippen molar-refractivity contribution in [1.29, 1.82) is 0 Å². The number of rotatable bonds is 4. The van der Waals surface area contributed by atoms with Gasteiger partial charge in [-0.05, 0) is 23.8 Å². The van der Waals surface area contributed by atoms with Crippen LogP contribution in [-0.2, 0) is 5.88 Å². The summed E-state index contributed by atoms with van der Waals surface area (Å²) in [6, 6.07) is 9.31. The average Bonchev–Trinajstić information content (AvgIpc) is 2.39. The van der Waals surface area contributed by atoms with Gasteiger partial charge in [0.05, 0.1) is 13.3 Å². The van der Waals surface area contributed by atoms with Crippen molar-refractivity contribution in [1.82, 2.24) is 4.98 Å². The summed E-state index contributed by atoms with van der Waals surface area (Å²) in [7, 11) is 1.61. The van der Waals surface area contributed by atoms with Gasteiger partial charge >= 0.3 is 0 Å². The number of alkyl halides is 1. The van der Waals surface area contributed by atoms with Crippen LogP contribution in [0.3, 0.4) is 0 Å². The highest BCUT2D eigenvalue weighted by atomic mass is 35.5. The number of halogens is 1. The molecule has 0 atom stereocenters. The van der Waals surface area contributed by atoms with Gasteiger partial charge in [0, 0.05) is 12.1 Å². The van der Waals surface area contributed by atoms with Crippen molar-refractivity contribution in [3.8, 4) is 17.2 Å². The molecule has 0 bridgehead atoms. The number of pyridine rings is 1. The van der Waals surface area contributed by atoms with E-state index in [-0.39, 0.29) is 0 Å². The summed E-state index contributed by atoms with van der Waals surface area (Å²) in [6.45, 7) is 0. The van der Waals surface area contributed by atoms with Crippen LogP contribution in [0.4, 0.5) is 0 Å². The minimum absolute atomic E-state index is 0.413. The highest BCUT2D eigenvalue weighted by Gasteiger charge is 2.04. The van der Waals surface area contributed by atoms with Crippen LogP contribution in [0.25, 0.3) is 0 Å². The summed E-state index contributed by atoms with van der Waals surface area (Å²) in [5.74, 6) is 2.40. The number of hydrogen-bond donors (Lipinski definition) is 0. The zero-order chi connectivity index (χ0) is 12.1. The summed E-state index contributed by atoms with van der Waals surface area (Å²) in [5.41, 5.74) is 0.916. The van der Waals surface area contributed by atoms with Gasteiger partial charge in [0.15, 0.2) is 11.5 Å². The Balaban J connectivity index is 2.24. The fraction of sp³-hybridized carbons (Fsp3) is 0.154. The summed E-state index contributed by atoms with van der Waals surface area (Å²) < 4.78 is 10.9. The molecule has 2 rings (SSSR count). The zero-order valence-corrected chi connectivity index (χ0v) is 10.1. The van der Waals surface area contributed by atoms with Gasteiger partial charge in [-0.25, -0.2) is 0 Å². The second-order valence-corrected chi connectivity index (χ2v) is 3.68. The minimum Gasteiger partial charge on any atom is -0.493 e. The molecule has 2 aromatic rings. The summed E-state index contributed by atoms with van der Waals surface area (Å²) >= 11 is 5.74. The molecule has 0 aliphatic rings. The van der Waals surface area contributed by atoms with Crippen LogP contribution in [-0.4, -0.2) is 12.1 Å². The molecule has 3 nitrogen and oxygen atoms in total. The molecule has 0 unspecified atom stereocenters. The largest absolute Gasteiger partial charge is 0.493 e.